The Balaban J connectivity index is 3.26. The van der Waals surface area contributed by atoms with Crippen molar-refractivity contribution in [3.63, 3.8) is 0 Å². The Labute approximate surface area is 95.4 Å². The van der Waals surface area contributed by atoms with Crippen LogP contribution in [0.2, 0.25) is 0 Å². The van der Waals surface area contributed by atoms with Crippen molar-refractivity contribution < 1.29 is 24.5 Å². The number of unbranched alkanes of at least 4 members (excludes halogenated alkanes) is 2. The minimum atomic E-state index is -0.310. The van der Waals surface area contributed by atoms with Gasteiger partial charge in [0.05, 0.1) is 6.61 Å². The molecule has 94 valence electrons. The second-order valence-corrected chi connectivity index (χ2v) is 3.52. The predicted molar refractivity (Wildman–Crippen MR) is 57.8 cm³/mol. The second-order valence-electron chi connectivity index (χ2n) is 3.52. The molecule has 0 saturated carbocycles. The highest BCUT2D eigenvalue weighted by molar-refractivity contribution is 5.78. The monoisotopic (exact) mass is 232 g/mol. The van der Waals surface area contributed by atoms with Crippen molar-refractivity contribution in [1.29, 1.82) is 0 Å². The van der Waals surface area contributed by atoms with E-state index in [0.29, 0.717) is 19.3 Å². The fourth-order valence-electron chi connectivity index (χ4n) is 1.25. The molecule has 0 bridgehead atoms. The van der Waals surface area contributed by atoms with Gasteiger partial charge in [0.25, 0.3) is 0 Å². The number of rotatable bonds is 10. The maximum atomic E-state index is 11.0. The quantitative estimate of drug-likeness (QED) is 0.421. The van der Waals surface area contributed by atoms with Gasteiger partial charge in [-0.2, -0.15) is 0 Å². The number of esters is 1. The molecule has 0 aromatic heterocycles. The maximum absolute atomic E-state index is 11.0. The van der Waals surface area contributed by atoms with Crippen molar-refractivity contribution in [3.8, 4) is 0 Å². The van der Waals surface area contributed by atoms with Crippen LogP contribution in [-0.2, 0) is 14.3 Å². The van der Waals surface area contributed by atoms with E-state index in [1.807, 2.05) is 0 Å². The lowest BCUT2D eigenvalue weighted by atomic mass is 10.1. The first-order valence-corrected chi connectivity index (χ1v) is 5.59. The minimum Gasteiger partial charge on any atom is -0.463 e. The van der Waals surface area contributed by atoms with Gasteiger partial charge in [0.2, 0.25) is 0 Å². The number of hydrogen-bond donors (Lipinski definition) is 2. The van der Waals surface area contributed by atoms with E-state index in [-0.39, 0.29) is 38.0 Å². The average molecular weight is 232 g/mol. The first-order valence-electron chi connectivity index (χ1n) is 5.59. The fourth-order valence-corrected chi connectivity index (χ4v) is 1.25. The van der Waals surface area contributed by atoms with Crippen LogP contribution < -0.4 is 0 Å². The molecule has 5 nitrogen and oxygen atoms in total. The van der Waals surface area contributed by atoms with Gasteiger partial charge in [0.15, 0.2) is 0 Å². The number of aliphatic hydroxyl groups is 2. The SMILES string of the molecule is O=C(CCO)CCCCCC(=O)OCCO. The van der Waals surface area contributed by atoms with E-state index >= 15 is 0 Å². The molecule has 0 atom stereocenters. The Morgan fingerprint density at radius 2 is 1.56 bits per heavy atom. The second kappa shape index (κ2) is 10.6. The Morgan fingerprint density at radius 3 is 2.19 bits per heavy atom. The molecule has 0 aromatic carbocycles. The van der Waals surface area contributed by atoms with E-state index in [2.05, 4.69) is 4.74 Å². The molecule has 0 aromatic rings. The highest BCUT2D eigenvalue weighted by atomic mass is 16.5. The number of carbonyl (C=O) groups is 2. The molecule has 0 saturated heterocycles. The highest BCUT2D eigenvalue weighted by Crippen LogP contribution is 2.05. The first kappa shape index (κ1) is 15.1. The molecule has 0 rings (SSSR count). The molecule has 0 radical (unpaired) electrons. The summed E-state index contributed by atoms with van der Waals surface area (Å²) in [7, 11) is 0. The summed E-state index contributed by atoms with van der Waals surface area (Å²) < 4.78 is 4.67. The molecule has 16 heavy (non-hydrogen) atoms. The Bertz CT molecular complexity index is 203. The summed E-state index contributed by atoms with van der Waals surface area (Å²) in [5, 5.41) is 16.9. The van der Waals surface area contributed by atoms with Gasteiger partial charge in [0.1, 0.15) is 12.4 Å². The summed E-state index contributed by atoms with van der Waals surface area (Å²) >= 11 is 0. The van der Waals surface area contributed by atoms with E-state index in [0.717, 1.165) is 12.8 Å². The van der Waals surface area contributed by atoms with Crippen LogP contribution in [0.5, 0.6) is 0 Å². The van der Waals surface area contributed by atoms with Gasteiger partial charge in [-0.25, -0.2) is 0 Å². The third-order valence-electron chi connectivity index (χ3n) is 2.08. The summed E-state index contributed by atoms with van der Waals surface area (Å²) in [6.07, 6.45) is 3.24. The predicted octanol–water partition coefficient (Wildman–Crippen LogP) is 0.424. The zero-order valence-electron chi connectivity index (χ0n) is 9.48. The fraction of sp³-hybridized carbons (Fsp3) is 0.818. The van der Waals surface area contributed by atoms with Gasteiger partial charge in [-0.1, -0.05) is 6.42 Å². The average Bonchev–Trinajstić information content (AvgIpc) is 2.26. The van der Waals surface area contributed by atoms with Crippen molar-refractivity contribution in [2.75, 3.05) is 19.8 Å². The molecule has 0 aliphatic rings. The summed E-state index contributed by atoms with van der Waals surface area (Å²) in [5.41, 5.74) is 0. The smallest absolute Gasteiger partial charge is 0.305 e. The zero-order chi connectivity index (χ0) is 12.2. The minimum absolute atomic E-state index is 0.0494. The lowest BCUT2D eigenvalue weighted by molar-refractivity contribution is -0.144. The summed E-state index contributed by atoms with van der Waals surface area (Å²) in [5.74, 6) is -0.249. The molecule has 0 spiro atoms. The first-order chi connectivity index (χ1) is 7.70. The molecule has 0 fully saturated rings. The number of ether oxygens (including phenoxy) is 1. The molecule has 0 heterocycles. The molecule has 0 amide bonds. The van der Waals surface area contributed by atoms with Crippen LogP contribution in [0, 0.1) is 0 Å². The molecule has 2 N–H and O–H groups in total. The molecular weight excluding hydrogens is 212 g/mol. The van der Waals surface area contributed by atoms with Gasteiger partial charge in [0, 0.05) is 25.9 Å². The zero-order valence-corrected chi connectivity index (χ0v) is 9.48. The Kier molecular flexibility index (Phi) is 9.95. The van der Waals surface area contributed by atoms with E-state index in [1.54, 1.807) is 0 Å². The molecule has 5 heteroatoms. The number of hydrogen-bond acceptors (Lipinski definition) is 5. The van der Waals surface area contributed by atoms with Gasteiger partial charge < -0.3 is 14.9 Å². The number of carbonyl (C=O) groups excluding carboxylic acids is 2. The molecular formula is C11H20O5. The van der Waals surface area contributed by atoms with Crippen LogP contribution in [0.4, 0.5) is 0 Å². The lowest BCUT2D eigenvalue weighted by Gasteiger charge is -2.02. The van der Waals surface area contributed by atoms with Crippen molar-refractivity contribution >= 4 is 11.8 Å². The summed E-state index contributed by atoms with van der Waals surface area (Å²) in [4.78, 5) is 22.0. The van der Waals surface area contributed by atoms with Crippen LogP contribution >= 0.6 is 0 Å². The van der Waals surface area contributed by atoms with E-state index in [4.69, 9.17) is 10.2 Å². The van der Waals surface area contributed by atoms with Crippen LogP contribution in [0.25, 0.3) is 0 Å². The van der Waals surface area contributed by atoms with Crippen molar-refractivity contribution in [2.45, 2.75) is 38.5 Å². The molecule has 0 aliphatic heterocycles. The number of Topliss-reactive ketones (excluding diaryl/α,β-unsaturated/α-hetero) is 1. The highest BCUT2D eigenvalue weighted by Gasteiger charge is 2.03. The topological polar surface area (TPSA) is 83.8 Å². The van der Waals surface area contributed by atoms with Crippen LogP contribution in [-0.4, -0.2) is 41.8 Å². The number of aliphatic hydroxyl groups excluding tert-OH is 2. The van der Waals surface area contributed by atoms with Crippen LogP contribution in [0.3, 0.4) is 0 Å². The number of ketones is 1. The normalized spacial score (nSPS) is 10.1. The van der Waals surface area contributed by atoms with Crippen molar-refractivity contribution in [3.05, 3.63) is 0 Å². The van der Waals surface area contributed by atoms with Crippen LogP contribution in [0.15, 0.2) is 0 Å². The van der Waals surface area contributed by atoms with E-state index < -0.39 is 0 Å². The van der Waals surface area contributed by atoms with E-state index in [1.165, 1.54) is 0 Å². The van der Waals surface area contributed by atoms with E-state index in [9.17, 15) is 9.59 Å². The van der Waals surface area contributed by atoms with Gasteiger partial charge in [-0.3, -0.25) is 9.59 Å². The Hall–Kier alpha value is -0.940. The third-order valence-corrected chi connectivity index (χ3v) is 2.08. The standard InChI is InChI=1S/C11H20O5/c12-7-6-10(14)4-2-1-3-5-11(15)16-9-8-13/h12-13H,1-9H2. The van der Waals surface area contributed by atoms with Gasteiger partial charge >= 0.3 is 5.97 Å². The van der Waals surface area contributed by atoms with Crippen molar-refractivity contribution in [2.24, 2.45) is 0 Å². The van der Waals surface area contributed by atoms with Crippen LogP contribution in [0.1, 0.15) is 38.5 Å². The van der Waals surface area contributed by atoms with Crippen molar-refractivity contribution in [1.82, 2.24) is 0 Å². The molecule has 0 unspecified atom stereocenters. The van der Waals surface area contributed by atoms with Gasteiger partial charge in [-0.05, 0) is 12.8 Å². The third kappa shape index (κ3) is 9.61. The molecule has 0 aliphatic carbocycles. The lowest BCUT2D eigenvalue weighted by Crippen LogP contribution is -2.08. The summed E-state index contributed by atoms with van der Waals surface area (Å²) in [6.45, 7) is -0.193. The largest absolute Gasteiger partial charge is 0.463 e. The van der Waals surface area contributed by atoms with Gasteiger partial charge in [-0.15, -0.1) is 0 Å². The summed E-state index contributed by atoms with van der Waals surface area (Å²) in [6, 6.07) is 0. The maximum Gasteiger partial charge on any atom is 0.305 e. The Morgan fingerprint density at radius 1 is 0.875 bits per heavy atom.